The lowest BCUT2D eigenvalue weighted by atomic mass is 9.90. The molecule has 13 aromatic rings. The number of fused-ring (bicyclic) bond motifs is 9. The smallest absolute Gasteiger partial charge is 0.164 e. The largest absolute Gasteiger partial charge is 0.455 e. The molecule has 4 heteroatoms. The summed E-state index contributed by atoms with van der Waals surface area (Å²) in [7, 11) is 0. The lowest BCUT2D eigenvalue weighted by Gasteiger charge is -2.14. The van der Waals surface area contributed by atoms with E-state index in [0.717, 1.165) is 83.0 Å². The van der Waals surface area contributed by atoms with E-state index >= 15 is 0 Å². The Morgan fingerprint density at radius 2 is 0.701 bits per heavy atom. The summed E-state index contributed by atoms with van der Waals surface area (Å²) in [5.74, 6) is 1.77. The Balaban J connectivity index is 1.01. The van der Waals surface area contributed by atoms with Crippen molar-refractivity contribution < 1.29 is 4.42 Å². The van der Waals surface area contributed by atoms with Gasteiger partial charge in [-0.2, -0.15) is 0 Å². The molecule has 11 aromatic carbocycles. The fourth-order valence-corrected chi connectivity index (χ4v) is 9.94. The summed E-state index contributed by atoms with van der Waals surface area (Å²) in [6.07, 6.45) is 0. The summed E-state index contributed by atoms with van der Waals surface area (Å²) in [5, 5.41) is 9.18. The predicted molar refractivity (Wildman–Crippen MR) is 278 cm³/mol. The average molecular weight is 854 g/mol. The van der Waals surface area contributed by atoms with Crippen LogP contribution in [-0.2, 0) is 0 Å². The van der Waals surface area contributed by atoms with E-state index in [0.29, 0.717) is 17.5 Å². The Morgan fingerprint density at radius 3 is 1.37 bits per heavy atom. The van der Waals surface area contributed by atoms with E-state index in [9.17, 15) is 0 Å². The minimum atomic E-state index is 0.575. The van der Waals surface area contributed by atoms with Crippen LogP contribution < -0.4 is 0 Å². The van der Waals surface area contributed by atoms with Gasteiger partial charge in [-0.05, 0) is 89.5 Å². The summed E-state index contributed by atoms with van der Waals surface area (Å²) in [4.78, 5) is 15.9. The molecule has 0 aliphatic rings. The molecule has 67 heavy (non-hydrogen) atoms. The Labute approximate surface area is 387 Å². The van der Waals surface area contributed by atoms with Crippen LogP contribution in [0.1, 0.15) is 0 Å². The molecule has 0 radical (unpaired) electrons. The number of hydrogen-bond donors (Lipinski definition) is 0. The number of hydrogen-bond acceptors (Lipinski definition) is 4. The summed E-state index contributed by atoms with van der Waals surface area (Å²) >= 11 is 0. The van der Waals surface area contributed by atoms with Gasteiger partial charge >= 0.3 is 0 Å². The first-order valence-electron chi connectivity index (χ1n) is 22.7. The predicted octanol–water partition coefficient (Wildman–Crippen LogP) is 16.9. The van der Waals surface area contributed by atoms with Crippen LogP contribution in [0.5, 0.6) is 0 Å². The highest BCUT2D eigenvalue weighted by atomic mass is 16.3. The third-order valence-electron chi connectivity index (χ3n) is 13.2. The molecule has 0 spiro atoms. The lowest BCUT2D eigenvalue weighted by Crippen LogP contribution is -2.00. The second-order valence-electron chi connectivity index (χ2n) is 17.1. The van der Waals surface area contributed by atoms with Crippen molar-refractivity contribution in [2.24, 2.45) is 0 Å². The first-order chi connectivity index (χ1) is 33.2. The fourth-order valence-electron chi connectivity index (χ4n) is 9.94. The van der Waals surface area contributed by atoms with Gasteiger partial charge in [-0.15, -0.1) is 0 Å². The van der Waals surface area contributed by atoms with E-state index in [4.69, 9.17) is 19.4 Å². The lowest BCUT2D eigenvalue weighted by molar-refractivity contribution is 0.670. The molecule has 312 valence electrons. The van der Waals surface area contributed by atoms with Crippen molar-refractivity contribution in [3.63, 3.8) is 0 Å². The minimum absolute atomic E-state index is 0.575. The van der Waals surface area contributed by atoms with Gasteiger partial charge in [0, 0.05) is 33.0 Å². The number of furan rings is 1. The molecule has 2 heterocycles. The normalized spacial score (nSPS) is 11.6. The van der Waals surface area contributed by atoms with Gasteiger partial charge in [0.25, 0.3) is 0 Å². The molecule has 0 aliphatic carbocycles. The van der Waals surface area contributed by atoms with Crippen LogP contribution in [0.25, 0.3) is 133 Å². The first kappa shape index (κ1) is 38.5. The van der Waals surface area contributed by atoms with Gasteiger partial charge in [-0.25, -0.2) is 15.0 Å². The van der Waals surface area contributed by atoms with E-state index in [1.54, 1.807) is 0 Å². The molecule has 0 saturated heterocycles. The zero-order chi connectivity index (χ0) is 44.3. The number of para-hydroxylation sites is 1. The third-order valence-corrected chi connectivity index (χ3v) is 13.2. The van der Waals surface area contributed by atoms with Crippen molar-refractivity contribution in [1.29, 1.82) is 0 Å². The maximum Gasteiger partial charge on any atom is 0.164 e. The molecule has 13 rings (SSSR count). The molecular weight excluding hydrogens is 815 g/mol. The van der Waals surface area contributed by atoms with Gasteiger partial charge in [-0.1, -0.05) is 218 Å². The molecule has 0 aliphatic heterocycles. The van der Waals surface area contributed by atoms with Crippen molar-refractivity contribution in [2.45, 2.75) is 0 Å². The van der Waals surface area contributed by atoms with Crippen molar-refractivity contribution in [3.8, 4) is 78.7 Å². The zero-order valence-corrected chi connectivity index (χ0v) is 36.3. The molecule has 0 fully saturated rings. The summed E-state index contributed by atoms with van der Waals surface area (Å²) in [5.41, 5.74) is 13.3. The van der Waals surface area contributed by atoms with Crippen molar-refractivity contribution in [1.82, 2.24) is 15.0 Å². The van der Waals surface area contributed by atoms with Crippen LogP contribution in [0.4, 0.5) is 0 Å². The maximum atomic E-state index is 6.94. The van der Waals surface area contributed by atoms with Gasteiger partial charge in [-0.3, -0.25) is 0 Å². The average Bonchev–Trinajstić information content (AvgIpc) is 3.81. The molecule has 0 bridgehead atoms. The Bertz CT molecular complexity index is 3980. The van der Waals surface area contributed by atoms with Gasteiger partial charge in [0.1, 0.15) is 11.2 Å². The molecule has 2 aromatic heterocycles. The Morgan fingerprint density at radius 1 is 0.239 bits per heavy atom. The van der Waals surface area contributed by atoms with E-state index in [1.165, 1.54) is 32.5 Å². The SMILES string of the molecule is c1ccc(-c2ccc(-c3nc(-c4ccc5c6ccccc6c6ccccc6c5c4)nc(-c4cccc5oc6c(-c7ccc(-c8ccccc8)cc7-c7ccccc7)cccc6c45)n3)cc2)cc1. The summed E-state index contributed by atoms with van der Waals surface area (Å²) < 4.78 is 6.94. The van der Waals surface area contributed by atoms with Crippen LogP contribution in [0, 0.1) is 0 Å². The summed E-state index contributed by atoms with van der Waals surface area (Å²) in [6, 6.07) is 83.4. The van der Waals surface area contributed by atoms with Crippen molar-refractivity contribution in [3.05, 3.63) is 237 Å². The first-order valence-corrected chi connectivity index (χ1v) is 22.7. The van der Waals surface area contributed by atoms with Crippen LogP contribution >= 0.6 is 0 Å². The standard InChI is InChI=1S/C63H39N3O/c1-4-16-40(17-5-1)42-30-32-44(33-31-42)61-64-62(46-35-37-51-49-24-11-10-22-47(49)48-23-12-13-25-50(48)57(51)39-46)66-63(65-61)55-28-15-29-58-59(55)54-27-14-26-53(60(54)67-58)52-36-34-45(41-18-6-2-7-19-41)38-56(52)43-20-8-3-9-21-43/h1-39H. The van der Waals surface area contributed by atoms with Crippen LogP contribution in [0.3, 0.4) is 0 Å². The third kappa shape index (κ3) is 6.65. The van der Waals surface area contributed by atoms with E-state index in [1.807, 2.05) is 18.2 Å². The van der Waals surface area contributed by atoms with Crippen LogP contribution in [-0.4, -0.2) is 15.0 Å². The van der Waals surface area contributed by atoms with Crippen molar-refractivity contribution >= 4 is 54.3 Å². The highest BCUT2D eigenvalue weighted by Gasteiger charge is 2.22. The highest BCUT2D eigenvalue weighted by Crippen LogP contribution is 2.44. The molecule has 0 N–H and O–H groups in total. The second kappa shape index (κ2) is 15.9. The molecule has 0 amide bonds. The van der Waals surface area contributed by atoms with Crippen LogP contribution in [0.2, 0.25) is 0 Å². The van der Waals surface area contributed by atoms with Gasteiger partial charge < -0.3 is 4.42 Å². The minimum Gasteiger partial charge on any atom is -0.455 e. The summed E-state index contributed by atoms with van der Waals surface area (Å²) in [6.45, 7) is 0. The Hall–Kier alpha value is -8.99. The quantitative estimate of drug-likeness (QED) is 0.150. The molecular formula is C63H39N3O. The van der Waals surface area contributed by atoms with Gasteiger partial charge in [0.05, 0.1) is 0 Å². The molecule has 0 atom stereocenters. The maximum absolute atomic E-state index is 6.94. The zero-order valence-electron chi connectivity index (χ0n) is 36.3. The van der Waals surface area contributed by atoms with E-state index in [2.05, 4.69) is 218 Å². The molecule has 4 nitrogen and oxygen atoms in total. The van der Waals surface area contributed by atoms with Gasteiger partial charge in [0.2, 0.25) is 0 Å². The monoisotopic (exact) mass is 853 g/mol. The molecule has 0 saturated carbocycles. The van der Waals surface area contributed by atoms with E-state index < -0.39 is 0 Å². The number of benzene rings is 11. The topological polar surface area (TPSA) is 51.8 Å². The highest BCUT2D eigenvalue weighted by molar-refractivity contribution is 6.25. The number of rotatable bonds is 7. The number of nitrogens with zero attached hydrogens (tertiary/aromatic N) is 3. The second-order valence-corrected chi connectivity index (χ2v) is 17.1. The van der Waals surface area contributed by atoms with Crippen LogP contribution in [0.15, 0.2) is 241 Å². The number of aromatic nitrogens is 3. The fraction of sp³-hybridized carbons (Fsp3) is 0. The van der Waals surface area contributed by atoms with Gasteiger partial charge in [0.15, 0.2) is 17.5 Å². The Kier molecular flexibility index (Phi) is 9.14. The van der Waals surface area contributed by atoms with Crippen molar-refractivity contribution in [2.75, 3.05) is 0 Å². The molecule has 0 unspecified atom stereocenters. The van der Waals surface area contributed by atoms with E-state index in [-0.39, 0.29) is 0 Å².